The summed E-state index contributed by atoms with van der Waals surface area (Å²) in [5, 5.41) is 5.28. The van der Waals surface area contributed by atoms with Crippen LogP contribution >= 0.6 is 0 Å². The summed E-state index contributed by atoms with van der Waals surface area (Å²) in [5.41, 5.74) is 0. The van der Waals surface area contributed by atoms with Gasteiger partial charge in [-0.2, -0.15) is 0 Å². The molecule has 0 aliphatic carbocycles. The Hall–Kier alpha value is -2.16. The SMILES string of the molecule is O=C(NCCOc1ccc2c(c1)OCO2)NC1CCS(=O)(=O)C1. The maximum atomic E-state index is 11.7. The molecule has 3 rings (SSSR count). The Bertz CT molecular complexity index is 691. The van der Waals surface area contributed by atoms with Gasteiger partial charge in [0.25, 0.3) is 0 Å². The molecule has 2 aliphatic heterocycles. The Kier molecular flexibility index (Phi) is 4.46. The van der Waals surface area contributed by atoms with Crippen LogP contribution < -0.4 is 24.8 Å². The van der Waals surface area contributed by atoms with E-state index >= 15 is 0 Å². The van der Waals surface area contributed by atoms with Crippen molar-refractivity contribution in [1.29, 1.82) is 0 Å². The third-order valence-corrected chi connectivity index (χ3v) is 5.34. The minimum Gasteiger partial charge on any atom is -0.492 e. The van der Waals surface area contributed by atoms with E-state index < -0.39 is 9.84 Å². The standard InChI is InChI=1S/C14H18N2O6S/c17-14(16-10-3-6-23(18,19)8-10)15-4-5-20-11-1-2-12-13(7-11)22-9-21-12/h1-2,7,10H,3-6,8-9H2,(H2,15,16,17). The first kappa shape index (κ1) is 15.7. The van der Waals surface area contributed by atoms with Crippen molar-refractivity contribution >= 4 is 15.9 Å². The molecule has 2 aliphatic rings. The summed E-state index contributed by atoms with van der Waals surface area (Å²) in [7, 11) is -3.00. The number of hydrogen-bond donors (Lipinski definition) is 2. The molecule has 2 heterocycles. The number of ether oxygens (including phenoxy) is 3. The van der Waals surface area contributed by atoms with E-state index in [0.717, 1.165) is 0 Å². The zero-order valence-electron chi connectivity index (χ0n) is 12.4. The highest BCUT2D eigenvalue weighted by Crippen LogP contribution is 2.34. The van der Waals surface area contributed by atoms with E-state index in [2.05, 4.69) is 10.6 Å². The maximum Gasteiger partial charge on any atom is 0.315 e. The molecule has 0 saturated carbocycles. The normalized spacial score (nSPS) is 21.0. The fraction of sp³-hybridized carbons (Fsp3) is 0.500. The van der Waals surface area contributed by atoms with Gasteiger partial charge in [-0.3, -0.25) is 0 Å². The average Bonchev–Trinajstić information content (AvgIpc) is 3.09. The van der Waals surface area contributed by atoms with E-state index in [1.165, 1.54) is 0 Å². The van der Waals surface area contributed by atoms with E-state index in [1.807, 2.05) is 0 Å². The summed E-state index contributed by atoms with van der Waals surface area (Å²) >= 11 is 0. The number of carbonyl (C=O) groups excluding carboxylic acids is 1. The maximum absolute atomic E-state index is 11.7. The summed E-state index contributed by atoms with van der Waals surface area (Å²) in [4.78, 5) is 11.7. The van der Waals surface area contributed by atoms with Crippen LogP contribution in [0.25, 0.3) is 0 Å². The van der Waals surface area contributed by atoms with Gasteiger partial charge in [-0.25, -0.2) is 13.2 Å². The predicted octanol–water partition coefficient (Wildman–Crippen LogP) is 0.280. The molecule has 1 atom stereocenters. The highest BCUT2D eigenvalue weighted by molar-refractivity contribution is 7.91. The number of carbonyl (C=O) groups is 1. The van der Waals surface area contributed by atoms with Crippen LogP contribution in [0.2, 0.25) is 0 Å². The molecule has 1 unspecified atom stereocenters. The summed E-state index contributed by atoms with van der Waals surface area (Å²) in [5.74, 6) is 2.08. The monoisotopic (exact) mass is 342 g/mol. The molecule has 23 heavy (non-hydrogen) atoms. The number of sulfone groups is 1. The molecule has 2 N–H and O–H groups in total. The number of urea groups is 1. The second-order valence-corrected chi connectivity index (χ2v) is 7.59. The highest BCUT2D eigenvalue weighted by atomic mass is 32.2. The molecule has 126 valence electrons. The molecule has 0 radical (unpaired) electrons. The van der Waals surface area contributed by atoms with Crippen LogP contribution in [0.15, 0.2) is 18.2 Å². The van der Waals surface area contributed by atoms with Crippen molar-refractivity contribution < 1.29 is 27.4 Å². The predicted molar refractivity (Wildman–Crippen MR) is 81.7 cm³/mol. The van der Waals surface area contributed by atoms with Gasteiger partial charge in [0.1, 0.15) is 12.4 Å². The third-order valence-electron chi connectivity index (χ3n) is 3.57. The first-order chi connectivity index (χ1) is 11.0. The first-order valence-electron chi connectivity index (χ1n) is 7.29. The van der Waals surface area contributed by atoms with E-state index in [0.29, 0.717) is 30.2 Å². The van der Waals surface area contributed by atoms with Crippen LogP contribution in [0.5, 0.6) is 17.2 Å². The Labute approximate surface area is 134 Å². The van der Waals surface area contributed by atoms with E-state index in [1.54, 1.807) is 18.2 Å². The van der Waals surface area contributed by atoms with Crippen LogP contribution in [0, 0.1) is 0 Å². The second kappa shape index (κ2) is 6.53. The second-order valence-electron chi connectivity index (χ2n) is 5.36. The van der Waals surface area contributed by atoms with Crippen molar-refractivity contribution in [3.8, 4) is 17.2 Å². The lowest BCUT2D eigenvalue weighted by atomic mass is 10.3. The van der Waals surface area contributed by atoms with Crippen LogP contribution in [0.1, 0.15) is 6.42 Å². The molecule has 1 aromatic rings. The van der Waals surface area contributed by atoms with Crippen molar-refractivity contribution in [2.75, 3.05) is 31.5 Å². The molecule has 0 spiro atoms. The smallest absolute Gasteiger partial charge is 0.315 e. The lowest BCUT2D eigenvalue weighted by molar-refractivity contribution is 0.173. The molecule has 8 nitrogen and oxygen atoms in total. The average molecular weight is 342 g/mol. The van der Waals surface area contributed by atoms with E-state index in [4.69, 9.17) is 14.2 Å². The molecular weight excluding hydrogens is 324 g/mol. The van der Waals surface area contributed by atoms with Crippen molar-refractivity contribution in [2.45, 2.75) is 12.5 Å². The minimum atomic E-state index is -3.00. The number of rotatable bonds is 5. The van der Waals surface area contributed by atoms with Gasteiger partial charge in [-0.1, -0.05) is 0 Å². The number of hydrogen-bond acceptors (Lipinski definition) is 6. The zero-order valence-corrected chi connectivity index (χ0v) is 13.2. The molecular formula is C14H18N2O6S. The largest absolute Gasteiger partial charge is 0.492 e. The third kappa shape index (κ3) is 4.19. The Balaban J connectivity index is 1.36. The van der Waals surface area contributed by atoms with Crippen molar-refractivity contribution in [1.82, 2.24) is 10.6 Å². The molecule has 1 aromatic carbocycles. The van der Waals surface area contributed by atoms with Crippen LogP contribution in [0.4, 0.5) is 4.79 Å². The first-order valence-corrected chi connectivity index (χ1v) is 9.11. The molecule has 0 aromatic heterocycles. The van der Waals surface area contributed by atoms with E-state index in [9.17, 15) is 13.2 Å². The Morgan fingerprint density at radius 2 is 2.13 bits per heavy atom. The van der Waals surface area contributed by atoms with Gasteiger partial charge in [-0.05, 0) is 18.6 Å². The summed E-state index contributed by atoms with van der Waals surface area (Å²) in [6.45, 7) is 0.799. The number of benzene rings is 1. The number of nitrogens with one attached hydrogen (secondary N) is 2. The Morgan fingerprint density at radius 1 is 1.30 bits per heavy atom. The zero-order chi connectivity index (χ0) is 16.3. The molecule has 1 saturated heterocycles. The van der Waals surface area contributed by atoms with Crippen molar-refractivity contribution in [3.05, 3.63) is 18.2 Å². The minimum absolute atomic E-state index is 0.00805. The van der Waals surface area contributed by atoms with Gasteiger partial charge in [0.15, 0.2) is 21.3 Å². The molecule has 0 bridgehead atoms. The molecule has 9 heteroatoms. The molecule has 2 amide bonds. The fourth-order valence-corrected chi connectivity index (χ4v) is 4.12. The topological polar surface area (TPSA) is 103 Å². The van der Waals surface area contributed by atoms with E-state index in [-0.39, 0.29) is 37.0 Å². The van der Waals surface area contributed by atoms with Gasteiger partial charge in [0.2, 0.25) is 6.79 Å². The summed E-state index contributed by atoms with van der Waals surface area (Å²) in [6, 6.07) is 4.55. The van der Waals surface area contributed by atoms with Gasteiger partial charge in [-0.15, -0.1) is 0 Å². The van der Waals surface area contributed by atoms with Crippen LogP contribution in [-0.2, 0) is 9.84 Å². The van der Waals surface area contributed by atoms with Gasteiger partial charge in [0, 0.05) is 12.1 Å². The van der Waals surface area contributed by atoms with Crippen molar-refractivity contribution in [3.63, 3.8) is 0 Å². The lowest BCUT2D eigenvalue weighted by Gasteiger charge is -2.12. The lowest BCUT2D eigenvalue weighted by Crippen LogP contribution is -2.43. The summed E-state index contributed by atoms with van der Waals surface area (Å²) < 4.78 is 38.6. The van der Waals surface area contributed by atoms with Gasteiger partial charge in [0.05, 0.1) is 18.1 Å². The van der Waals surface area contributed by atoms with Gasteiger partial charge >= 0.3 is 6.03 Å². The quantitative estimate of drug-likeness (QED) is 0.745. The highest BCUT2D eigenvalue weighted by Gasteiger charge is 2.28. The molecule has 1 fully saturated rings. The van der Waals surface area contributed by atoms with Crippen molar-refractivity contribution in [2.24, 2.45) is 0 Å². The van der Waals surface area contributed by atoms with Gasteiger partial charge < -0.3 is 24.8 Å². The number of amides is 2. The summed E-state index contributed by atoms with van der Waals surface area (Å²) in [6.07, 6.45) is 0.462. The van der Waals surface area contributed by atoms with Crippen LogP contribution in [0.3, 0.4) is 0 Å². The number of fused-ring (bicyclic) bond motifs is 1. The Morgan fingerprint density at radius 3 is 2.91 bits per heavy atom. The fourth-order valence-electron chi connectivity index (χ4n) is 2.45. The van der Waals surface area contributed by atoms with Crippen LogP contribution in [-0.4, -0.2) is 51.9 Å².